The number of nitro benzene ring substituents is 1. The number of nitro groups is 1. The van der Waals surface area contributed by atoms with E-state index in [9.17, 15) is 19.7 Å². The van der Waals surface area contributed by atoms with Gasteiger partial charge in [-0.3, -0.25) is 19.7 Å². The summed E-state index contributed by atoms with van der Waals surface area (Å²) >= 11 is 2.95. The van der Waals surface area contributed by atoms with Crippen LogP contribution < -0.4 is 0 Å². The van der Waals surface area contributed by atoms with Crippen molar-refractivity contribution in [1.29, 1.82) is 0 Å². The second kappa shape index (κ2) is 4.31. The van der Waals surface area contributed by atoms with E-state index in [0.29, 0.717) is 6.29 Å². The Morgan fingerprint density at radius 1 is 1.53 bits per heavy atom. The number of aldehydes is 1. The molecule has 1 aromatic carbocycles. The zero-order valence-electron chi connectivity index (χ0n) is 7.69. The molecule has 5 nitrogen and oxygen atoms in total. The molecule has 0 aromatic heterocycles. The summed E-state index contributed by atoms with van der Waals surface area (Å²) in [5.41, 5.74) is -0.248. The highest BCUT2D eigenvalue weighted by atomic mass is 79.9. The third kappa shape index (κ3) is 2.10. The number of carbonyl (C=O) groups excluding carboxylic acids is 2. The Morgan fingerprint density at radius 3 is 2.53 bits per heavy atom. The zero-order chi connectivity index (χ0) is 11.6. The van der Waals surface area contributed by atoms with Gasteiger partial charge in [-0.25, -0.2) is 0 Å². The van der Waals surface area contributed by atoms with Crippen LogP contribution in [-0.4, -0.2) is 17.0 Å². The Balaban J connectivity index is 3.56. The summed E-state index contributed by atoms with van der Waals surface area (Å²) in [6, 6.07) is 2.63. The molecule has 0 saturated heterocycles. The van der Waals surface area contributed by atoms with Crippen LogP contribution in [0.1, 0.15) is 27.6 Å². The first kappa shape index (κ1) is 11.5. The van der Waals surface area contributed by atoms with Crippen molar-refractivity contribution in [1.82, 2.24) is 0 Å². The van der Waals surface area contributed by atoms with E-state index in [0.717, 1.165) is 0 Å². The summed E-state index contributed by atoms with van der Waals surface area (Å²) in [6.45, 7) is 1.30. The average molecular weight is 272 g/mol. The number of hydrogen-bond donors (Lipinski definition) is 0. The topological polar surface area (TPSA) is 77.3 Å². The Bertz CT molecular complexity index is 456. The minimum absolute atomic E-state index is 0.0459. The van der Waals surface area contributed by atoms with Crippen LogP contribution in [-0.2, 0) is 0 Å². The normalized spacial score (nSPS) is 9.73. The molecule has 0 N–H and O–H groups in total. The van der Waals surface area contributed by atoms with E-state index in [1.165, 1.54) is 19.1 Å². The monoisotopic (exact) mass is 271 g/mol. The van der Waals surface area contributed by atoms with E-state index in [4.69, 9.17) is 0 Å². The van der Waals surface area contributed by atoms with Gasteiger partial charge in [0.25, 0.3) is 5.69 Å². The summed E-state index contributed by atoms with van der Waals surface area (Å²) in [7, 11) is 0. The molecule has 0 spiro atoms. The van der Waals surface area contributed by atoms with E-state index >= 15 is 0 Å². The molecule has 0 radical (unpaired) electrons. The Kier molecular flexibility index (Phi) is 3.31. The van der Waals surface area contributed by atoms with E-state index < -0.39 is 4.92 Å². The molecule has 0 saturated carbocycles. The van der Waals surface area contributed by atoms with Gasteiger partial charge in [-0.15, -0.1) is 0 Å². The largest absolute Gasteiger partial charge is 0.298 e. The van der Waals surface area contributed by atoms with Gasteiger partial charge in [0.15, 0.2) is 12.1 Å². The Labute approximate surface area is 93.4 Å². The van der Waals surface area contributed by atoms with Gasteiger partial charge < -0.3 is 0 Å². The highest BCUT2D eigenvalue weighted by molar-refractivity contribution is 9.10. The maximum absolute atomic E-state index is 11.1. The van der Waals surface area contributed by atoms with Crippen molar-refractivity contribution in [3.05, 3.63) is 37.8 Å². The number of Topliss-reactive ketones (excluding diaryl/α,β-unsaturated/α-hetero) is 1. The van der Waals surface area contributed by atoms with Gasteiger partial charge >= 0.3 is 0 Å². The molecule has 0 unspecified atom stereocenters. The molecule has 0 bridgehead atoms. The lowest BCUT2D eigenvalue weighted by atomic mass is 10.1. The molecular weight excluding hydrogens is 266 g/mol. The van der Waals surface area contributed by atoms with Crippen molar-refractivity contribution >= 4 is 33.7 Å². The first-order chi connectivity index (χ1) is 6.99. The van der Waals surface area contributed by atoms with E-state index in [2.05, 4.69) is 15.9 Å². The molecular formula is C9H6BrNO4. The van der Waals surface area contributed by atoms with Crippen molar-refractivity contribution in [3.8, 4) is 0 Å². The molecule has 1 aromatic rings. The van der Waals surface area contributed by atoms with Crippen LogP contribution in [0, 0.1) is 10.1 Å². The number of rotatable bonds is 3. The van der Waals surface area contributed by atoms with E-state index in [1.54, 1.807) is 0 Å². The number of carbonyl (C=O) groups is 2. The number of nitrogens with zero attached hydrogens (tertiary/aromatic N) is 1. The first-order valence-electron chi connectivity index (χ1n) is 3.92. The minimum atomic E-state index is -0.694. The summed E-state index contributed by atoms with van der Waals surface area (Å²) in [5, 5.41) is 10.7. The molecule has 0 amide bonds. The zero-order valence-corrected chi connectivity index (χ0v) is 9.28. The van der Waals surface area contributed by atoms with Crippen LogP contribution in [0.15, 0.2) is 16.6 Å². The molecule has 78 valence electrons. The fourth-order valence-electron chi connectivity index (χ4n) is 1.13. The molecule has 1 rings (SSSR count). The first-order valence-corrected chi connectivity index (χ1v) is 4.71. The minimum Gasteiger partial charge on any atom is -0.298 e. The third-order valence-electron chi connectivity index (χ3n) is 1.84. The Morgan fingerprint density at radius 2 is 2.13 bits per heavy atom. The summed E-state index contributed by atoms with van der Waals surface area (Å²) in [4.78, 5) is 31.6. The molecule has 15 heavy (non-hydrogen) atoms. The SMILES string of the molecule is CC(=O)c1ccc(C=O)c([N+](=O)[O-])c1Br. The molecule has 0 aliphatic rings. The molecule has 0 aliphatic carbocycles. The summed E-state index contributed by atoms with van der Waals surface area (Å²) in [6.07, 6.45) is 0.382. The third-order valence-corrected chi connectivity index (χ3v) is 2.64. The van der Waals surface area contributed by atoms with Crippen LogP contribution in [0.3, 0.4) is 0 Å². The van der Waals surface area contributed by atoms with E-state index in [1.807, 2.05) is 0 Å². The lowest BCUT2D eigenvalue weighted by Crippen LogP contribution is -2.01. The number of halogens is 1. The second-order valence-corrected chi connectivity index (χ2v) is 3.59. The maximum Gasteiger partial charge on any atom is 0.294 e. The van der Waals surface area contributed by atoms with Gasteiger partial charge in [-0.1, -0.05) is 0 Å². The summed E-state index contributed by atoms with van der Waals surface area (Å²) < 4.78 is 0.0459. The molecule has 0 atom stereocenters. The smallest absolute Gasteiger partial charge is 0.294 e. The standard InChI is InChI=1S/C9H6BrNO4/c1-5(13)7-3-2-6(4-12)9(8(7)10)11(14)15/h2-4H,1H3. The van der Waals surface area contributed by atoms with Crippen molar-refractivity contribution in [2.75, 3.05) is 0 Å². The number of hydrogen-bond acceptors (Lipinski definition) is 4. The van der Waals surface area contributed by atoms with Crippen molar-refractivity contribution in [3.63, 3.8) is 0 Å². The molecule has 0 fully saturated rings. The van der Waals surface area contributed by atoms with E-state index in [-0.39, 0.29) is 27.1 Å². The predicted molar refractivity (Wildman–Crippen MR) is 56.2 cm³/mol. The number of ketones is 1. The van der Waals surface area contributed by atoms with Crippen molar-refractivity contribution in [2.45, 2.75) is 6.92 Å². The fourth-order valence-corrected chi connectivity index (χ4v) is 1.92. The van der Waals surface area contributed by atoms with Crippen molar-refractivity contribution in [2.24, 2.45) is 0 Å². The van der Waals surface area contributed by atoms with Gasteiger partial charge in [0.2, 0.25) is 0 Å². The van der Waals surface area contributed by atoms with Crippen LogP contribution in [0.5, 0.6) is 0 Å². The molecule has 0 aliphatic heterocycles. The molecule has 0 heterocycles. The van der Waals surface area contributed by atoms with Crippen molar-refractivity contribution < 1.29 is 14.5 Å². The Hall–Kier alpha value is -1.56. The van der Waals surface area contributed by atoms with Crippen LogP contribution in [0.2, 0.25) is 0 Å². The van der Waals surface area contributed by atoms with Gasteiger partial charge in [-0.2, -0.15) is 0 Å². The number of benzene rings is 1. The highest BCUT2D eigenvalue weighted by Gasteiger charge is 2.22. The quantitative estimate of drug-likeness (QED) is 0.366. The lowest BCUT2D eigenvalue weighted by molar-refractivity contribution is -0.385. The lowest BCUT2D eigenvalue weighted by Gasteiger charge is -2.02. The van der Waals surface area contributed by atoms with Gasteiger partial charge in [0, 0.05) is 5.56 Å². The van der Waals surface area contributed by atoms with Crippen LogP contribution >= 0.6 is 15.9 Å². The van der Waals surface area contributed by atoms with Crippen LogP contribution in [0.4, 0.5) is 5.69 Å². The molecule has 6 heteroatoms. The summed E-state index contributed by atoms with van der Waals surface area (Å²) in [5.74, 6) is -0.303. The fraction of sp³-hybridized carbons (Fsp3) is 0.111. The van der Waals surface area contributed by atoms with Gasteiger partial charge in [-0.05, 0) is 35.0 Å². The van der Waals surface area contributed by atoms with Crippen LogP contribution in [0.25, 0.3) is 0 Å². The maximum atomic E-state index is 11.1. The highest BCUT2D eigenvalue weighted by Crippen LogP contribution is 2.31. The van der Waals surface area contributed by atoms with Gasteiger partial charge in [0.05, 0.1) is 10.5 Å². The van der Waals surface area contributed by atoms with Gasteiger partial charge in [0.1, 0.15) is 4.47 Å². The predicted octanol–water partition coefficient (Wildman–Crippen LogP) is 2.37. The average Bonchev–Trinajstić information content (AvgIpc) is 2.15. The second-order valence-electron chi connectivity index (χ2n) is 2.80.